The number of benzene rings is 2. The maximum absolute atomic E-state index is 13.6. The van der Waals surface area contributed by atoms with Crippen LogP contribution >= 0.6 is 22.6 Å². The molecule has 22 heavy (non-hydrogen) atoms. The second-order valence-corrected chi connectivity index (χ2v) is 5.98. The van der Waals surface area contributed by atoms with E-state index in [9.17, 15) is 14.0 Å². The summed E-state index contributed by atoms with van der Waals surface area (Å²) in [6.45, 7) is 0. The predicted molar refractivity (Wildman–Crippen MR) is 89.7 cm³/mol. The van der Waals surface area contributed by atoms with Gasteiger partial charge < -0.3 is 11.1 Å². The number of hydrogen-bond acceptors (Lipinski definition) is 2. The molecule has 0 aliphatic rings. The highest BCUT2D eigenvalue weighted by Gasteiger charge is 2.21. The van der Waals surface area contributed by atoms with E-state index in [1.54, 1.807) is 6.07 Å². The van der Waals surface area contributed by atoms with Crippen molar-refractivity contribution in [2.45, 2.75) is 12.5 Å². The van der Waals surface area contributed by atoms with Crippen molar-refractivity contribution in [2.24, 2.45) is 5.73 Å². The van der Waals surface area contributed by atoms with Crippen molar-refractivity contribution < 1.29 is 14.0 Å². The second kappa shape index (κ2) is 7.35. The molecule has 114 valence electrons. The molecule has 0 heterocycles. The van der Waals surface area contributed by atoms with Crippen molar-refractivity contribution in [3.63, 3.8) is 0 Å². The SMILES string of the molecule is NC(=O)[C@H](Cc1ccc(I)cc1)NC(=O)c1ccccc1F. The van der Waals surface area contributed by atoms with E-state index in [0.29, 0.717) is 0 Å². The van der Waals surface area contributed by atoms with Gasteiger partial charge in [0.05, 0.1) is 5.56 Å². The van der Waals surface area contributed by atoms with Crippen LogP contribution in [0.15, 0.2) is 48.5 Å². The van der Waals surface area contributed by atoms with Crippen molar-refractivity contribution in [1.82, 2.24) is 5.32 Å². The smallest absolute Gasteiger partial charge is 0.254 e. The topological polar surface area (TPSA) is 72.2 Å². The molecule has 0 saturated heterocycles. The van der Waals surface area contributed by atoms with Gasteiger partial charge in [0.1, 0.15) is 11.9 Å². The lowest BCUT2D eigenvalue weighted by Gasteiger charge is -2.16. The highest BCUT2D eigenvalue weighted by molar-refractivity contribution is 14.1. The Morgan fingerprint density at radius 3 is 2.36 bits per heavy atom. The zero-order valence-electron chi connectivity index (χ0n) is 11.6. The van der Waals surface area contributed by atoms with Crippen LogP contribution in [-0.2, 0) is 11.2 Å². The number of halogens is 2. The molecule has 0 radical (unpaired) electrons. The van der Waals surface area contributed by atoms with Gasteiger partial charge in [-0.25, -0.2) is 4.39 Å². The summed E-state index contributed by atoms with van der Waals surface area (Å²) in [4.78, 5) is 23.6. The first-order chi connectivity index (χ1) is 10.5. The van der Waals surface area contributed by atoms with Crippen LogP contribution in [0, 0.1) is 9.39 Å². The van der Waals surface area contributed by atoms with Crippen LogP contribution in [0.1, 0.15) is 15.9 Å². The van der Waals surface area contributed by atoms with Crippen LogP contribution in [0.25, 0.3) is 0 Å². The van der Waals surface area contributed by atoms with Gasteiger partial charge in [-0.2, -0.15) is 0 Å². The van der Waals surface area contributed by atoms with Crippen LogP contribution in [0.2, 0.25) is 0 Å². The third-order valence-electron chi connectivity index (χ3n) is 3.12. The summed E-state index contributed by atoms with van der Waals surface area (Å²) in [5.74, 6) is -1.96. The molecule has 0 spiro atoms. The molecule has 0 fully saturated rings. The first-order valence-corrected chi connectivity index (χ1v) is 7.64. The molecule has 6 heteroatoms. The summed E-state index contributed by atoms with van der Waals surface area (Å²) in [6, 6.07) is 12.2. The van der Waals surface area contributed by atoms with Gasteiger partial charge in [0.2, 0.25) is 5.91 Å². The number of amides is 2. The highest BCUT2D eigenvalue weighted by atomic mass is 127. The number of primary amides is 1. The van der Waals surface area contributed by atoms with Crippen LogP contribution in [0.5, 0.6) is 0 Å². The Kier molecular flexibility index (Phi) is 5.48. The Balaban J connectivity index is 2.12. The number of carbonyl (C=O) groups is 2. The first kappa shape index (κ1) is 16.4. The average Bonchev–Trinajstić information content (AvgIpc) is 2.49. The summed E-state index contributed by atoms with van der Waals surface area (Å²) in [5, 5.41) is 2.48. The highest BCUT2D eigenvalue weighted by Crippen LogP contribution is 2.10. The number of hydrogen-bond donors (Lipinski definition) is 2. The van der Waals surface area contributed by atoms with Gasteiger partial charge in [0, 0.05) is 9.99 Å². The lowest BCUT2D eigenvalue weighted by molar-refractivity contribution is -0.119. The molecule has 0 aliphatic heterocycles. The largest absolute Gasteiger partial charge is 0.368 e. The molecule has 2 rings (SSSR count). The minimum absolute atomic E-state index is 0.114. The fraction of sp³-hybridized carbons (Fsp3) is 0.125. The maximum Gasteiger partial charge on any atom is 0.254 e. The maximum atomic E-state index is 13.6. The van der Waals surface area contributed by atoms with Crippen molar-refractivity contribution >= 4 is 34.4 Å². The molecular formula is C16H14FIN2O2. The van der Waals surface area contributed by atoms with E-state index in [0.717, 1.165) is 9.13 Å². The molecule has 0 saturated carbocycles. The number of carbonyl (C=O) groups excluding carboxylic acids is 2. The summed E-state index contributed by atoms with van der Waals surface area (Å²) in [7, 11) is 0. The van der Waals surface area contributed by atoms with E-state index in [4.69, 9.17) is 5.73 Å². The van der Waals surface area contributed by atoms with Crippen LogP contribution in [0.4, 0.5) is 4.39 Å². The summed E-state index contributed by atoms with van der Waals surface area (Å²) < 4.78 is 14.6. The third kappa shape index (κ3) is 4.27. The van der Waals surface area contributed by atoms with Crippen molar-refractivity contribution in [3.8, 4) is 0 Å². The zero-order valence-corrected chi connectivity index (χ0v) is 13.7. The lowest BCUT2D eigenvalue weighted by atomic mass is 10.0. The van der Waals surface area contributed by atoms with E-state index in [1.165, 1.54) is 18.2 Å². The van der Waals surface area contributed by atoms with Crippen LogP contribution < -0.4 is 11.1 Å². The van der Waals surface area contributed by atoms with Crippen molar-refractivity contribution in [1.29, 1.82) is 0 Å². The lowest BCUT2D eigenvalue weighted by Crippen LogP contribution is -2.46. The summed E-state index contributed by atoms with van der Waals surface area (Å²) in [6.07, 6.45) is 0.256. The minimum atomic E-state index is -0.896. The Morgan fingerprint density at radius 2 is 1.77 bits per heavy atom. The fourth-order valence-electron chi connectivity index (χ4n) is 1.96. The van der Waals surface area contributed by atoms with Crippen molar-refractivity contribution in [3.05, 3.63) is 69.0 Å². The van der Waals surface area contributed by atoms with Crippen molar-refractivity contribution in [2.75, 3.05) is 0 Å². The van der Waals surface area contributed by atoms with E-state index in [2.05, 4.69) is 27.9 Å². The first-order valence-electron chi connectivity index (χ1n) is 6.56. The zero-order chi connectivity index (χ0) is 16.1. The summed E-state index contributed by atoms with van der Waals surface area (Å²) >= 11 is 2.17. The summed E-state index contributed by atoms with van der Waals surface area (Å²) in [5.41, 5.74) is 6.07. The normalized spacial score (nSPS) is 11.7. The van der Waals surface area contributed by atoms with Gasteiger partial charge >= 0.3 is 0 Å². The quantitative estimate of drug-likeness (QED) is 0.740. The van der Waals surface area contributed by atoms with Gasteiger partial charge in [-0.3, -0.25) is 9.59 Å². The third-order valence-corrected chi connectivity index (χ3v) is 3.84. The molecule has 2 aromatic carbocycles. The van der Waals surface area contributed by atoms with Gasteiger partial charge in [-0.1, -0.05) is 24.3 Å². The van der Waals surface area contributed by atoms with Gasteiger partial charge in [-0.05, 0) is 52.4 Å². The molecule has 4 nitrogen and oxygen atoms in total. The van der Waals surface area contributed by atoms with Gasteiger partial charge in [-0.15, -0.1) is 0 Å². The molecule has 1 atom stereocenters. The van der Waals surface area contributed by atoms with Crippen LogP contribution in [0.3, 0.4) is 0 Å². The standard InChI is InChI=1S/C16H14FIN2O2/c17-13-4-2-1-3-12(13)16(22)20-14(15(19)21)9-10-5-7-11(18)8-6-10/h1-8,14H,9H2,(H2,19,21)(H,20,22)/t14-/m0/s1. The molecule has 0 aliphatic carbocycles. The monoisotopic (exact) mass is 412 g/mol. The second-order valence-electron chi connectivity index (χ2n) is 4.74. The number of nitrogens with one attached hydrogen (secondary N) is 1. The van der Waals surface area contributed by atoms with E-state index in [1.807, 2.05) is 24.3 Å². The Bertz CT molecular complexity index is 689. The molecule has 0 unspecified atom stereocenters. The predicted octanol–water partition coefficient (Wildman–Crippen LogP) is 2.26. The van der Waals surface area contributed by atoms with E-state index < -0.39 is 23.7 Å². The number of nitrogens with two attached hydrogens (primary N) is 1. The van der Waals surface area contributed by atoms with E-state index in [-0.39, 0.29) is 12.0 Å². The fourth-order valence-corrected chi connectivity index (χ4v) is 2.32. The molecule has 2 aromatic rings. The Labute approximate surface area is 141 Å². The van der Waals surface area contributed by atoms with Crippen LogP contribution in [-0.4, -0.2) is 17.9 Å². The molecule has 0 bridgehead atoms. The minimum Gasteiger partial charge on any atom is -0.368 e. The molecule has 2 amide bonds. The molecular weight excluding hydrogens is 398 g/mol. The average molecular weight is 412 g/mol. The van der Waals surface area contributed by atoms with Gasteiger partial charge in [0.25, 0.3) is 5.91 Å². The molecule has 3 N–H and O–H groups in total. The number of rotatable bonds is 5. The Morgan fingerprint density at radius 1 is 1.14 bits per heavy atom. The molecule has 0 aromatic heterocycles. The van der Waals surface area contributed by atoms with Gasteiger partial charge in [0.15, 0.2) is 0 Å². The Hall–Kier alpha value is -1.96. The van der Waals surface area contributed by atoms with E-state index >= 15 is 0 Å².